The first kappa shape index (κ1) is 16.2. The van der Waals surface area contributed by atoms with Crippen LogP contribution in [0.15, 0.2) is 24.3 Å². The maximum Gasteiger partial charge on any atom is 0.301 e. The van der Waals surface area contributed by atoms with E-state index in [1.54, 1.807) is 44.1 Å². The number of hydrogen-bond acceptors (Lipinski definition) is 7. The van der Waals surface area contributed by atoms with E-state index in [-0.39, 0.29) is 17.1 Å². The Balaban J connectivity index is 2.70. The summed E-state index contributed by atoms with van der Waals surface area (Å²) in [6.45, 7) is 0. The van der Waals surface area contributed by atoms with Gasteiger partial charge in [-0.2, -0.15) is 0 Å². The van der Waals surface area contributed by atoms with Crippen LogP contribution in [0.25, 0.3) is 5.69 Å². The molecule has 0 saturated heterocycles. The highest BCUT2D eigenvalue weighted by molar-refractivity contribution is 5.63. The van der Waals surface area contributed by atoms with E-state index >= 15 is 0 Å². The Hall–Kier alpha value is -3.17. The van der Waals surface area contributed by atoms with Crippen LogP contribution in [-0.2, 0) is 0 Å². The van der Waals surface area contributed by atoms with Crippen molar-refractivity contribution in [1.29, 1.82) is 0 Å². The van der Waals surface area contributed by atoms with E-state index in [2.05, 4.69) is 5.10 Å². The van der Waals surface area contributed by atoms with Gasteiger partial charge < -0.3 is 9.80 Å². The smallest absolute Gasteiger partial charge is 0.301 e. The molecule has 0 atom stereocenters. The molecule has 23 heavy (non-hydrogen) atoms. The van der Waals surface area contributed by atoms with Gasteiger partial charge >= 0.3 is 5.69 Å². The van der Waals surface area contributed by atoms with Crippen molar-refractivity contribution in [2.24, 2.45) is 0 Å². The number of aromatic nitrogens is 2. The van der Waals surface area contributed by atoms with Gasteiger partial charge in [-0.1, -0.05) is 0 Å². The average molecular weight is 320 g/mol. The molecule has 0 saturated carbocycles. The van der Waals surface area contributed by atoms with Crippen molar-refractivity contribution in [2.75, 3.05) is 38.0 Å². The van der Waals surface area contributed by atoms with Crippen molar-refractivity contribution in [3.05, 3.63) is 44.5 Å². The first-order valence-corrected chi connectivity index (χ1v) is 6.60. The molecule has 0 unspecified atom stereocenters. The molecule has 0 radical (unpaired) electrons. The summed E-state index contributed by atoms with van der Waals surface area (Å²) in [5, 5.41) is 26.5. The maximum atomic E-state index is 11.3. The highest BCUT2D eigenvalue weighted by atomic mass is 16.6. The largest absolute Gasteiger partial charge is 0.363 e. The van der Waals surface area contributed by atoms with Crippen LogP contribution in [0.4, 0.5) is 23.0 Å². The number of hydrogen-bond donors (Lipinski definition) is 0. The van der Waals surface area contributed by atoms with Gasteiger partial charge in [0.2, 0.25) is 0 Å². The molecule has 0 N–H and O–H groups in total. The minimum Gasteiger partial charge on any atom is -0.363 e. The monoisotopic (exact) mass is 320 g/mol. The van der Waals surface area contributed by atoms with Crippen LogP contribution in [0.5, 0.6) is 0 Å². The van der Waals surface area contributed by atoms with Crippen LogP contribution in [0.2, 0.25) is 0 Å². The number of nitro benzene ring substituents is 2. The molecule has 10 heteroatoms. The van der Waals surface area contributed by atoms with Crippen molar-refractivity contribution >= 4 is 23.0 Å². The number of anilines is 2. The molecule has 1 aromatic carbocycles. The Morgan fingerprint density at radius 2 is 1.65 bits per heavy atom. The fraction of sp³-hybridized carbons (Fsp3) is 0.308. The van der Waals surface area contributed by atoms with Crippen LogP contribution in [-0.4, -0.2) is 47.8 Å². The lowest BCUT2D eigenvalue weighted by Gasteiger charge is -2.14. The first-order chi connectivity index (χ1) is 10.7. The third-order valence-corrected chi connectivity index (χ3v) is 3.19. The number of non-ortho nitro benzene ring substituents is 1. The summed E-state index contributed by atoms with van der Waals surface area (Å²) in [6, 6.07) is 5.26. The van der Waals surface area contributed by atoms with E-state index in [1.807, 2.05) is 0 Å². The van der Waals surface area contributed by atoms with Gasteiger partial charge in [0.1, 0.15) is 11.5 Å². The molecule has 0 bridgehead atoms. The predicted molar refractivity (Wildman–Crippen MR) is 85.5 cm³/mol. The molecular formula is C13H16N6O4. The van der Waals surface area contributed by atoms with Gasteiger partial charge in [-0.05, 0) is 6.07 Å². The number of nitro groups is 2. The third kappa shape index (κ3) is 3.05. The van der Waals surface area contributed by atoms with Gasteiger partial charge in [-0.3, -0.25) is 20.2 Å². The number of benzene rings is 1. The molecule has 0 fully saturated rings. The van der Waals surface area contributed by atoms with Gasteiger partial charge in [-0.15, -0.1) is 5.10 Å². The lowest BCUT2D eigenvalue weighted by Crippen LogP contribution is -2.15. The van der Waals surface area contributed by atoms with Gasteiger partial charge in [0.15, 0.2) is 5.82 Å². The van der Waals surface area contributed by atoms with Crippen LogP contribution < -0.4 is 9.80 Å². The molecular weight excluding hydrogens is 304 g/mol. The quantitative estimate of drug-likeness (QED) is 0.610. The maximum absolute atomic E-state index is 11.3. The van der Waals surface area contributed by atoms with Crippen molar-refractivity contribution in [3.63, 3.8) is 0 Å². The molecule has 0 amide bonds. The van der Waals surface area contributed by atoms with E-state index in [4.69, 9.17) is 0 Å². The number of rotatable bonds is 5. The Morgan fingerprint density at radius 3 is 2.13 bits per heavy atom. The molecule has 2 aromatic rings. The highest BCUT2D eigenvalue weighted by Gasteiger charge is 2.24. The fourth-order valence-corrected chi connectivity index (χ4v) is 2.02. The normalized spacial score (nSPS) is 10.4. The van der Waals surface area contributed by atoms with Crippen molar-refractivity contribution < 1.29 is 9.85 Å². The predicted octanol–water partition coefficient (Wildman–Crippen LogP) is 1.82. The van der Waals surface area contributed by atoms with Gasteiger partial charge in [0.25, 0.3) is 5.69 Å². The Bertz CT molecular complexity index is 768. The molecule has 1 heterocycles. The molecule has 1 aromatic heterocycles. The molecule has 0 aliphatic heterocycles. The number of nitrogens with zero attached hydrogens (tertiary/aromatic N) is 6. The summed E-state index contributed by atoms with van der Waals surface area (Å²) in [5.74, 6) is 1.23. The van der Waals surface area contributed by atoms with Gasteiger partial charge in [0, 0.05) is 40.3 Å². The third-order valence-electron chi connectivity index (χ3n) is 3.19. The standard InChI is InChI=1S/C13H16N6O4/c1-15(2)12-8-13(16(3)4)17(14-12)10-6-5-9(18(20)21)7-11(10)19(22)23/h5-8H,1-4H3. The van der Waals surface area contributed by atoms with Crippen molar-refractivity contribution in [1.82, 2.24) is 9.78 Å². The highest BCUT2D eigenvalue weighted by Crippen LogP contribution is 2.31. The van der Waals surface area contributed by atoms with Crippen LogP contribution >= 0.6 is 0 Å². The summed E-state index contributed by atoms with van der Waals surface area (Å²) in [7, 11) is 7.17. The summed E-state index contributed by atoms with van der Waals surface area (Å²) in [5.41, 5.74) is -0.556. The molecule has 0 spiro atoms. The van der Waals surface area contributed by atoms with E-state index in [0.29, 0.717) is 11.6 Å². The lowest BCUT2D eigenvalue weighted by molar-refractivity contribution is -0.394. The Labute approximate surface area is 131 Å². The van der Waals surface area contributed by atoms with Crippen molar-refractivity contribution in [2.45, 2.75) is 0 Å². The average Bonchev–Trinajstić information content (AvgIpc) is 2.91. The zero-order valence-corrected chi connectivity index (χ0v) is 13.1. The zero-order chi connectivity index (χ0) is 17.3. The second-order valence-electron chi connectivity index (χ2n) is 5.25. The Morgan fingerprint density at radius 1 is 1.00 bits per heavy atom. The van der Waals surface area contributed by atoms with Crippen LogP contribution in [0.1, 0.15) is 0 Å². The minimum absolute atomic E-state index is 0.164. The Kier molecular flexibility index (Phi) is 4.16. The molecule has 122 valence electrons. The van der Waals surface area contributed by atoms with Gasteiger partial charge in [-0.25, -0.2) is 4.68 Å². The van der Waals surface area contributed by atoms with E-state index in [0.717, 1.165) is 6.07 Å². The van der Waals surface area contributed by atoms with E-state index in [9.17, 15) is 20.2 Å². The van der Waals surface area contributed by atoms with Crippen LogP contribution in [0, 0.1) is 20.2 Å². The second-order valence-corrected chi connectivity index (χ2v) is 5.25. The minimum atomic E-state index is -0.669. The fourth-order valence-electron chi connectivity index (χ4n) is 2.02. The molecule has 10 nitrogen and oxygen atoms in total. The summed E-state index contributed by atoms with van der Waals surface area (Å²) < 4.78 is 1.40. The topological polar surface area (TPSA) is 111 Å². The SMILES string of the molecule is CN(C)c1cc(N(C)C)n(-c2ccc([N+](=O)[O-])cc2[N+](=O)[O-])n1. The van der Waals surface area contributed by atoms with Crippen LogP contribution in [0.3, 0.4) is 0 Å². The van der Waals surface area contributed by atoms with E-state index in [1.165, 1.54) is 16.8 Å². The van der Waals surface area contributed by atoms with Gasteiger partial charge in [0.05, 0.1) is 15.9 Å². The first-order valence-electron chi connectivity index (χ1n) is 6.60. The van der Waals surface area contributed by atoms with Crippen molar-refractivity contribution in [3.8, 4) is 5.69 Å². The summed E-state index contributed by atoms with van der Waals surface area (Å²) in [4.78, 5) is 24.3. The van der Waals surface area contributed by atoms with E-state index < -0.39 is 9.85 Å². The molecule has 2 rings (SSSR count). The second kappa shape index (κ2) is 5.91. The summed E-state index contributed by atoms with van der Waals surface area (Å²) in [6.07, 6.45) is 0. The lowest BCUT2D eigenvalue weighted by atomic mass is 10.2. The zero-order valence-electron chi connectivity index (χ0n) is 13.1. The summed E-state index contributed by atoms with van der Waals surface area (Å²) >= 11 is 0. The molecule has 0 aliphatic carbocycles. The molecule has 0 aliphatic rings.